The summed E-state index contributed by atoms with van der Waals surface area (Å²) in [5.74, 6) is -0.622. The first kappa shape index (κ1) is 8.21. The van der Waals surface area contributed by atoms with Crippen molar-refractivity contribution in [3.05, 3.63) is 29.6 Å². The van der Waals surface area contributed by atoms with E-state index in [9.17, 15) is 9.18 Å². The van der Waals surface area contributed by atoms with Crippen molar-refractivity contribution in [2.75, 3.05) is 5.32 Å². The minimum atomic E-state index is -0.622. The summed E-state index contributed by atoms with van der Waals surface area (Å²) in [5.41, 5.74) is 0.340. The topological polar surface area (TPSA) is 52.9 Å². The molecule has 3 nitrogen and oxygen atoms in total. The second-order valence-electron chi connectivity index (χ2n) is 1.98. The molecule has 4 heteroatoms. The number of rotatable bonds is 2. The number of anilines is 1. The smallest absolute Gasteiger partial charge is 0.211 e. The first-order valence-corrected chi connectivity index (χ1v) is 3.09. The molecule has 0 unspecified atom stereocenters. The molecule has 1 rings (SSSR count). The van der Waals surface area contributed by atoms with Crippen LogP contribution in [0.3, 0.4) is 0 Å². The van der Waals surface area contributed by atoms with E-state index in [-0.39, 0.29) is 11.3 Å². The minimum Gasteiger partial charge on any atom is -0.328 e. The molecule has 1 radical (unpaired) electrons. The van der Waals surface area contributed by atoms with Gasteiger partial charge in [-0.1, -0.05) is 0 Å². The molecule has 0 saturated carbocycles. The van der Waals surface area contributed by atoms with Crippen LogP contribution in [0.5, 0.6) is 0 Å². The second kappa shape index (κ2) is 3.49. The lowest BCUT2D eigenvalue weighted by Crippen LogP contribution is -1.97. The number of hydrogen-bond acceptors (Lipinski definition) is 2. The molecular weight excluding hydrogens is 159 g/mol. The fourth-order valence-corrected chi connectivity index (χ4v) is 0.740. The number of carbonyl (C=O) groups excluding carboxylic acids is 1. The third-order valence-electron chi connectivity index (χ3n) is 1.25. The van der Waals surface area contributed by atoms with Crippen LogP contribution in [0.1, 0.15) is 5.56 Å². The second-order valence-corrected chi connectivity index (χ2v) is 1.98. The highest BCUT2D eigenvalue weighted by Gasteiger charge is 2.01. The fraction of sp³-hybridized carbons (Fsp3) is 0. The summed E-state index contributed by atoms with van der Waals surface area (Å²) < 4.78 is 12.5. The van der Waals surface area contributed by atoms with Gasteiger partial charge in [-0.3, -0.25) is 4.79 Å². The van der Waals surface area contributed by atoms with E-state index in [1.54, 1.807) is 6.07 Å². The van der Waals surface area contributed by atoms with E-state index < -0.39 is 5.82 Å². The Balaban J connectivity index is 3.12. The van der Waals surface area contributed by atoms with E-state index in [0.29, 0.717) is 6.41 Å². The number of halogens is 1. The van der Waals surface area contributed by atoms with Crippen molar-refractivity contribution < 1.29 is 9.18 Å². The Morgan fingerprint density at radius 1 is 1.75 bits per heavy atom. The summed E-state index contributed by atoms with van der Waals surface area (Å²) in [6.07, 6.45) is 0.419. The van der Waals surface area contributed by atoms with Crippen LogP contribution in [-0.4, -0.2) is 6.41 Å². The Labute approximate surface area is 68.4 Å². The molecule has 0 saturated heterocycles. The van der Waals surface area contributed by atoms with Crippen molar-refractivity contribution in [3.63, 3.8) is 0 Å². The molecule has 12 heavy (non-hydrogen) atoms. The monoisotopic (exact) mass is 163 g/mol. The van der Waals surface area contributed by atoms with Gasteiger partial charge in [0.1, 0.15) is 11.9 Å². The average Bonchev–Trinajstić information content (AvgIpc) is 2.08. The summed E-state index contributed by atoms with van der Waals surface area (Å²) in [6.45, 7) is 0. The third-order valence-corrected chi connectivity index (χ3v) is 1.25. The predicted octanol–water partition coefficient (Wildman–Crippen LogP) is 1.07. The van der Waals surface area contributed by atoms with Gasteiger partial charge in [-0.05, 0) is 12.1 Å². The molecule has 0 heterocycles. The zero-order valence-electron chi connectivity index (χ0n) is 5.97. The van der Waals surface area contributed by atoms with Crippen LogP contribution < -0.4 is 5.32 Å². The quantitative estimate of drug-likeness (QED) is 0.663. The molecule has 1 N–H and O–H groups in total. The Hall–Kier alpha value is -1.89. The van der Waals surface area contributed by atoms with Gasteiger partial charge >= 0.3 is 0 Å². The standard InChI is InChI=1S/C8H4FN2O/c9-7-1-2-8(11-5-12)6(3-7)4-10/h2-3,5H,(H,11,12). The summed E-state index contributed by atoms with van der Waals surface area (Å²) in [4.78, 5) is 10.00. The molecule has 0 aromatic heterocycles. The van der Waals surface area contributed by atoms with E-state index >= 15 is 0 Å². The van der Waals surface area contributed by atoms with Gasteiger partial charge in [0, 0.05) is 6.07 Å². The van der Waals surface area contributed by atoms with Crippen LogP contribution in [0.25, 0.3) is 0 Å². The van der Waals surface area contributed by atoms with Crippen LogP contribution in [-0.2, 0) is 4.79 Å². The van der Waals surface area contributed by atoms with E-state index in [0.717, 1.165) is 6.07 Å². The molecule has 0 bridgehead atoms. The molecule has 0 spiro atoms. The van der Waals surface area contributed by atoms with Crippen molar-refractivity contribution in [1.29, 1.82) is 5.26 Å². The van der Waals surface area contributed by atoms with Gasteiger partial charge < -0.3 is 5.32 Å². The summed E-state index contributed by atoms with van der Waals surface area (Å²) in [6, 6.07) is 6.18. The Morgan fingerprint density at radius 2 is 2.50 bits per heavy atom. The van der Waals surface area contributed by atoms with Crippen LogP contribution in [0.15, 0.2) is 12.1 Å². The van der Waals surface area contributed by atoms with Crippen molar-refractivity contribution in [2.24, 2.45) is 0 Å². The van der Waals surface area contributed by atoms with E-state index in [1.165, 1.54) is 6.07 Å². The van der Waals surface area contributed by atoms with Gasteiger partial charge in [-0.25, -0.2) is 4.39 Å². The van der Waals surface area contributed by atoms with E-state index in [4.69, 9.17) is 5.26 Å². The highest BCUT2D eigenvalue weighted by molar-refractivity contribution is 5.75. The summed E-state index contributed by atoms with van der Waals surface area (Å²) >= 11 is 0. The highest BCUT2D eigenvalue weighted by Crippen LogP contribution is 2.14. The average molecular weight is 163 g/mol. The Bertz CT molecular complexity index is 343. The van der Waals surface area contributed by atoms with E-state index in [2.05, 4.69) is 11.4 Å². The molecule has 0 atom stereocenters. The number of hydrogen-bond donors (Lipinski definition) is 1. The lowest BCUT2D eigenvalue weighted by atomic mass is 10.2. The zero-order valence-corrected chi connectivity index (χ0v) is 5.97. The van der Waals surface area contributed by atoms with Crippen LogP contribution in [0, 0.1) is 23.2 Å². The molecule has 0 aliphatic rings. The molecule has 1 aromatic rings. The largest absolute Gasteiger partial charge is 0.328 e. The maximum atomic E-state index is 12.5. The van der Waals surface area contributed by atoms with Gasteiger partial charge in [0.15, 0.2) is 0 Å². The van der Waals surface area contributed by atoms with Gasteiger partial charge in [0.25, 0.3) is 0 Å². The number of nitrogens with one attached hydrogen (secondary N) is 1. The lowest BCUT2D eigenvalue weighted by molar-refractivity contribution is -0.105. The molecule has 0 fully saturated rings. The van der Waals surface area contributed by atoms with Gasteiger partial charge in [0.05, 0.1) is 11.3 Å². The predicted molar refractivity (Wildman–Crippen MR) is 39.6 cm³/mol. The van der Waals surface area contributed by atoms with Crippen LogP contribution in [0.4, 0.5) is 10.1 Å². The lowest BCUT2D eigenvalue weighted by Gasteiger charge is -1.99. The Morgan fingerprint density at radius 3 is 3.08 bits per heavy atom. The van der Waals surface area contributed by atoms with E-state index in [1.807, 2.05) is 0 Å². The maximum absolute atomic E-state index is 12.5. The summed E-state index contributed by atoms with van der Waals surface area (Å²) in [7, 11) is 0. The maximum Gasteiger partial charge on any atom is 0.211 e. The fourth-order valence-electron chi connectivity index (χ4n) is 0.740. The molecule has 1 amide bonds. The first-order valence-electron chi connectivity index (χ1n) is 3.09. The van der Waals surface area contributed by atoms with Gasteiger partial charge in [-0.15, -0.1) is 0 Å². The molecule has 59 valence electrons. The molecule has 0 aliphatic carbocycles. The number of nitrogens with zero attached hydrogens (tertiary/aromatic N) is 1. The third kappa shape index (κ3) is 1.58. The van der Waals surface area contributed by atoms with Gasteiger partial charge in [0.2, 0.25) is 6.41 Å². The number of carbonyl (C=O) groups is 1. The Kier molecular flexibility index (Phi) is 2.38. The van der Waals surface area contributed by atoms with Crippen molar-refractivity contribution in [3.8, 4) is 6.07 Å². The van der Waals surface area contributed by atoms with Crippen molar-refractivity contribution in [2.45, 2.75) is 0 Å². The molecular formula is C8H4FN2O. The van der Waals surface area contributed by atoms with Crippen molar-refractivity contribution in [1.82, 2.24) is 0 Å². The first-order chi connectivity index (χ1) is 5.77. The normalized spacial score (nSPS) is 8.67. The molecule has 1 aromatic carbocycles. The summed E-state index contributed by atoms with van der Waals surface area (Å²) in [5, 5.41) is 10.7. The number of amides is 1. The number of nitriles is 1. The van der Waals surface area contributed by atoms with Gasteiger partial charge in [-0.2, -0.15) is 5.26 Å². The van der Waals surface area contributed by atoms with Crippen LogP contribution >= 0.6 is 0 Å². The highest BCUT2D eigenvalue weighted by atomic mass is 19.1. The van der Waals surface area contributed by atoms with Crippen molar-refractivity contribution >= 4 is 12.1 Å². The zero-order chi connectivity index (χ0) is 8.97. The molecule has 0 aliphatic heterocycles. The van der Waals surface area contributed by atoms with Crippen LogP contribution in [0.2, 0.25) is 0 Å². The number of benzene rings is 1. The minimum absolute atomic E-state index is 0.0818. The SMILES string of the molecule is N#Cc1cc(F)[c]cc1NC=O.